The van der Waals surface area contributed by atoms with Crippen LogP contribution in [0.4, 0.5) is 5.69 Å². The Morgan fingerprint density at radius 2 is 2.00 bits per heavy atom. The Morgan fingerprint density at radius 3 is 2.57 bits per heavy atom. The summed E-state index contributed by atoms with van der Waals surface area (Å²) in [5.74, 6) is 0.909. The largest absolute Gasteiger partial charge is 0.497 e. The molecule has 0 aliphatic carbocycles. The van der Waals surface area contributed by atoms with E-state index in [4.69, 9.17) is 4.74 Å². The highest BCUT2D eigenvalue weighted by atomic mass is 79.9. The Morgan fingerprint density at radius 1 is 1.29 bits per heavy atom. The molecule has 1 N–H and O–H groups in total. The van der Waals surface area contributed by atoms with Crippen LogP contribution >= 0.6 is 15.9 Å². The van der Waals surface area contributed by atoms with E-state index in [0.29, 0.717) is 6.04 Å². The zero-order valence-electron chi connectivity index (χ0n) is 13.6. The van der Waals surface area contributed by atoms with Crippen molar-refractivity contribution in [3.8, 4) is 5.75 Å². The molecule has 21 heavy (non-hydrogen) atoms. The van der Waals surface area contributed by atoms with Crippen molar-refractivity contribution in [1.82, 2.24) is 5.32 Å². The normalized spacial score (nSPS) is 21.4. The highest BCUT2D eigenvalue weighted by Gasteiger charge is 2.36. The van der Waals surface area contributed by atoms with E-state index in [1.165, 1.54) is 5.69 Å². The van der Waals surface area contributed by atoms with E-state index in [1.54, 1.807) is 7.11 Å². The minimum Gasteiger partial charge on any atom is -0.497 e. The molecule has 1 fully saturated rings. The summed E-state index contributed by atoms with van der Waals surface area (Å²) in [5, 5.41) is 3.79. The Kier molecular flexibility index (Phi) is 5.55. The zero-order chi connectivity index (χ0) is 15.5. The van der Waals surface area contributed by atoms with Gasteiger partial charge >= 0.3 is 0 Å². The maximum Gasteiger partial charge on any atom is 0.122 e. The Hall–Kier alpha value is -0.740. The molecule has 118 valence electrons. The molecule has 1 atom stereocenters. The predicted molar refractivity (Wildman–Crippen MR) is 93.4 cm³/mol. The smallest absolute Gasteiger partial charge is 0.122 e. The van der Waals surface area contributed by atoms with Gasteiger partial charge < -0.3 is 15.0 Å². The van der Waals surface area contributed by atoms with Gasteiger partial charge in [0.05, 0.1) is 7.11 Å². The summed E-state index contributed by atoms with van der Waals surface area (Å²) in [4.78, 5) is 2.55. The second kappa shape index (κ2) is 7.01. The van der Waals surface area contributed by atoms with Crippen LogP contribution in [0, 0.1) is 0 Å². The summed E-state index contributed by atoms with van der Waals surface area (Å²) < 4.78 is 6.50. The van der Waals surface area contributed by atoms with Gasteiger partial charge in [0.1, 0.15) is 5.75 Å². The third-order valence-electron chi connectivity index (χ3n) is 4.87. The molecular weight excluding hydrogens is 328 g/mol. The Balaban J connectivity index is 2.35. The SMILES string of the molecule is CCC1CNC(CC)(CC)CN1c1cc(Br)cc(OC)c1. The molecule has 0 saturated carbocycles. The summed E-state index contributed by atoms with van der Waals surface area (Å²) in [6.07, 6.45) is 3.45. The fourth-order valence-electron chi connectivity index (χ4n) is 3.18. The van der Waals surface area contributed by atoms with Gasteiger partial charge in [-0.05, 0) is 31.4 Å². The maximum absolute atomic E-state index is 5.43. The molecule has 0 aromatic heterocycles. The van der Waals surface area contributed by atoms with E-state index in [2.05, 4.69) is 59.1 Å². The molecule has 0 radical (unpaired) electrons. The molecule has 3 nitrogen and oxygen atoms in total. The molecular formula is C17H27BrN2O. The summed E-state index contributed by atoms with van der Waals surface area (Å²) >= 11 is 3.60. The lowest BCUT2D eigenvalue weighted by Gasteiger charge is -2.48. The van der Waals surface area contributed by atoms with Gasteiger partial charge in [0.25, 0.3) is 0 Å². The fourth-order valence-corrected chi connectivity index (χ4v) is 3.64. The van der Waals surface area contributed by atoms with Crippen LogP contribution in [0.25, 0.3) is 0 Å². The second-order valence-electron chi connectivity index (χ2n) is 5.91. The van der Waals surface area contributed by atoms with Crippen LogP contribution in [-0.4, -0.2) is 31.8 Å². The van der Waals surface area contributed by atoms with Crippen LogP contribution in [0.1, 0.15) is 40.0 Å². The van der Waals surface area contributed by atoms with Crippen molar-refractivity contribution in [2.24, 2.45) is 0 Å². The third-order valence-corrected chi connectivity index (χ3v) is 5.33. The van der Waals surface area contributed by atoms with Crippen LogP contribution < -0.4 is 15.0 Å². The number of halogens is 1. The number of nitrogens with zero attached hydrogens (tertiary/aromatic N) is 1. The predicted octanol–water partition coefficient (Wildman–Crippen LogP) is 4.20. The fraction of sp³-hybridized carbons (Fsp3) is 0.647. The number of piperazine rings is 1. The number of ether oxygens (including phenoxy) is 1. The van der Waals surface area contributed by atoms with Crippen LogP contribution in [0.2, 0.25) is 0 Å². The monoisotopic (exact) mass is 354 g/mol. The first-order valence-corrected chi connectivity index (χ1v) is 8.73. The lowest BCUT2D eigenvalue weighted by molar-refractivity contribution is 0.246. The van der Waals surface area contributed by atoms with Crippen LogP contribution in [0.15, 0.2) is 22.7 Å². The van der Waals surface area contributed by atoms with E-state index in [-0.39, 0.29) is 5.54 Å². The lowest BCUT2D eigenvalue weighted by atomic mass is 9.87. The molecule has 1 saturated heterocycles. The van der Waals surface area contributed by atoms with Gasteiger partial charge in [0.15, 0.2) is 0 Å². The van der Waals surface area contributed by atoms with Crippen molar-refractivity contribution in [1.29, 1.82) is 0 Å². The van der Waals surface area contributed by atoms with Gasteiger partial charge in [-0.25, -0.2) is 0 Å². The van der Waals surface area contributed by atoms with Gasteiger partial charge in [0, 0.05) is 40.9 Å². The van der Waals surface area contributed by atoms with E-state index >= 15 is 0 Å². The van der Waals surface area contributed by atoms with E-state index in [1.807, 2.05) is 6.07 Å². The molecule has 2 rings (SSSR count). The quantitative estimate of drug-likeness (QED) is 0.857. The topological polar surface area (TPSA) is 24.5 Å². The molecule has 0 amide bonds. The van der Waals surface area contributed by atoms with E-state index < -0.39 is 0 Å². The van der Waals surface area contributed by atoms with Crippen molar-refractivity contribution < 1.29 is 4.74 Å². The first-order chi connectivity index (χ1) is 10.1. The lowest BCUT2D eigenvalue weighted by Crippen LogP contribution is -2.64. The molecule has 1 aliphatic rings. The molecule has 0 spiro atoms. The highest BCUT2D eigenvalue weighted by Crippen LogP contribution is 2.33. The minimum absolute atomic E-state index is 0.223. The standard InChI is InChI=1S/C17H27BrN2O/c1-5-14-11-19-17(6-2,7-3)12-20(14)15-8-13(18)9-16(10-15)21-4/h8-10,14,19H,5-7,11-12H2,1-4H3. The second-order valence-corrected chi connectivity index (χ2v) is 6.82. The average molecular weight is 355 g/mol. The van der Waals surface area contributed by atoms with Gasteiger partial charge in [-0.3, -0.25) is 0 Å². The van der Waals surface area contributed by atoms with Gasteiger partial charge in [-0.15, -0.1) is 0 Å². The molecule has 1 aromatic rings. The number of benzene rings is 1. The average Bonchev–Trinajstić information content (AvgIpc) is 2.53. The summed E-state index contributed by atoms with van der Waals surface area (Å²) in [6.45, 7) is 8.93. The first-order valence-electron chi connectivity index (χ1n) is 7.93. The number of anilines is 1. The van der Waals surface area contributed by atoms with Crippen LogP contribution in [0.3, 0.4) is 0 Å². The minimum atomic E-state index is 0.223. The van der Waals surface area contributed by atoms with Crippen molar-refractivity contribution in [3.63, 3.8) is 0 Å². The summed E-state index contributed by atoms with van der Waals surface area (Å²) in [6, 6.07) is 6.90. The third kappa shape index (κ3) is 3.54. The number of nitrogens with one attached hydrogen (secondary N) is 1. The molecule has 0 bridgehead atoms. The Bertz CT molecular complexity index is 474. The van der Waals surface area contributed by atoms with Gasteiger partial charge in [0.2, 0.25) is 0 Å². The molecule has 1 heterocycles. The van der Waals surface area contributed by atoms with E-state index in [9.17, 15) is 0 Å². The zero-order valence-corrected chi connectivity index (χ0v) is 15.2. The summed E-state index contributed by atoms with van der Waals surface area (Å²) in [5.41, 5.74) is 1.47. The molecule has 4 heteroatoms. The highest BCUT2D eigenvalue weighted by molar-refractivity contribution is 9.10. The van der Waals surface area contributed by atoms with Gasteiger partial charge in [-0.2, -0.15) is 0 Å². The molecule has 1 aromatic carbocycles. The van der Waals surface area contributed by atoms with Crippen molar-refractivity contribution in [3.05, 3.63) is 22.7 Å². The molecule has 1 unspecified atom stereocenters. The van der Waals surface area contributed by atoms with Crippen LogP contribution in [0.5, 0.6) is 5.75 Å². The summed E-state index contributed by atoms with van der Waals surface area (Å²) in [7, 11) is 1.73. The van der Waals surface area contributed by atoms with Crippen LogP contribution in [-0.2, 0) is 0 Å². The van der Waals surface area contributed by atoms with Crippen molar-refractivity contribution in [2.75, 3.05) is 25.1 Å². The van der Waals surface area contributed by atoms with Crippen molar-refractivity contribution >= 4 is 21.6 Å². The Labute approximate surface area is 137 Å². The molecule has 1 aliphatic heterocycles. The number of hydrogen-bond donors (Lipinski definition) is 1. The number of rotatable bonds is 5. The van der Waals surface area contributed by atoms with Crippen molar-refractivity contribution in [2.45, 2.75) is 51.6 Å². The maximum atomic E-state index is 5.43. The van der Waals surface area contributed by atoms with Gasteiger partial charge in [-0.1, -0.05) is 36.7 Å². The number of methoxy groups -OCH3 is 1. The first kappa shape index (κ1) is 16.6. The number of hydrogen-bond acceptors (Lipinski definition) is 3. The van der Waals surface area contributed by atoms with E-state index in [0.717, 1.165) is 42.6 Å².